The fourth-order valence-corrected chi connectivity index (χ4v) is 4.32. The van der Waals surface area contributed by atoms with Crippen LogP contribution in [0.2, 0.25) is 10.0 Å². The van der Waals surface area contributed by atoms with Crippen LogP contribution in [-0.4, -0.2) is 23.9 Å². The maximum atomic E-state index is 12.9. The van der Waals surface area contributed by atoms with Gasteiger partial charge in [-0.1, -0.05) is 53.2 Å². The van der Waals surface area contributed by atoms with E-state index in [4.69, 9.17) is 44.9 Å². The number of halogens is 2. The first-order valence-corrected chi connectivity index (χ1v) is 9.96. The Kier molecular flexibility index (Phi) is 6.32. The molecule has 8 heteroatoms. The zero-order valence-electron chi connectivity index (χ0n) is 14.5. The number of anilines is 1. The van der Waals surface area contributed by atoms with Gasteiger partial charge in [0.15, 0.2) is 15.8 Å². The Morgan fingerprint density at radius 1 is 1.19 bits per heavy atom. The second kappa shape index (κ2) is 8.52. The van der Waals surface area contributed by atoms with Crippen molar-refractivity contribution in [3.05, 3.63) is 56.9 Å². The van der Waals surface area contributed by atoms with Crippen molar-refractivity contribution in [2.24, 2.45) is 0 Å². The van der Waals surface area contributed by atoms with Crippen LogP contribution in [-0.2, 0) is 4.79 Å². The van der Waals surface area contributed by atoms with Crippen molar-refractivity contribution >= 4 is 69.2 Å². The normalized spacial score (nSPS) is 15.6. The van der Waals surface area contributed by atoms with E-state index in [0.717, 1.165) is 5.56 Å². The summed E-state index contributed by atoms with van der Waals surface area (Å²) in [7, 11) is 1.57. The Bertz CT molecular complexity index is 947. The molecule has 0 bridgehead atoms. The van der Waals surface area contributed by atoms with Crippen molar-refractivity contribution in [2.45, 2.75) is 6.92 Å². The third kappa shape index (κ3) is 4.24. The van der Waals surface area contributed by atoms with E-state index in [0.29, 0.717) is 43.1 Å². The van der Waals surface area contributed by atoms with Gasteiger partial charge in [0.1, 0.15) is 0 Å². The molecule has 0 radical (unpaired) electrons. The van der Waals surface area contributed by atoms with E-state index in [1.807, 2.05) is 25.1 Å². The highest BCUT2D eigenvalue weighted by Crippen LogP contribution is 2.40. The Labute approximate surface area is 177 Å². The minimum atomic E-state index is -0.234. The number of carbonyl (C=O) groups excluding carboxylic acids is 1. The second-order valence-corrected chi connectivity index (χ2v) is 7.98. The van der Waals surface area contributed by atoms with Gasteiger partial charge in [0.25, 0.3) is 5.91 Å². The maximum Gasteiger partial charge on any atom is 0.270 e. The molecule has 2 aromatic carbocycles. The molecule has 0 aromatic heterocycles. The molecule has 2 aromatic rings. The van der Waals surface area contributed by atoms with Gasteiger partial charge in [-0.2, -0.15) is 0 Å². The number of rotatable bonds is 5. The molecule has 4 nitrogen and oxygen atoms in total. The molecule has 1 saturated heterocycles. The Hall–Kier alpha value is -1.73. The highest BCUT2D eigenvalue weighted by Gasteiger charge is 2.34. The molecule has 0 unspecified atom stereocenters. The Morgan fingerprint density at radius 3 is 2.63 bits per heavy atom. The summed E-state index contributed by atoms with van der Waals surface area (Å²) in [5.74, 6) is 1.02. The lowest BCUT2D eigenvalue weighted by atomic mass is 10.2. The van der Waals surface area contributed by atoms with E-state index in [2.05, 4.69) is 0 Å². The van der Waals surface area contributed by atoms with Crippen molar-refractivity contribution < 1.29 is 14.3 Å². The molecule has 0 saturated carbocycles. The molecule has 140 valence electrons. The van der Waals surface area contributed by atoms with Gasteiger partial charge < -0.3 is 9.47 Å². The summed E-state index contributed by atoms with van der Waals surface area (Å²) in [6, 6.07) is 10.4. The number of carbonyl (C=O) groups is 1. The fourth-order valence-electron chi connectivity index (χ4n) is 2.54. The smallest absolute Gasteiger partial charge is 0.270 e. The lowest BCUT2D eigenvalue weighted by Gasteiger charge is -2.16. The molecule has 0 N–H and O–H groups in total. The highest BCUT2D eigenvalue weighted by atomic mass is 35.5. The van der Waals surface area contributed by atoms with Crippen LogP contribution in [0.1, 0.15) is 12.5 Å². The number of thioether (sulfide) groups is 1. The van der Waals surface area contributed by atoms with E-state index < -0.39 is 0 Å². The molecule has 3 rings (SSSR count). The number of nitrogens with zero attached hydrogens (tertiary/aromatic N) is 1. The third-order valence-corrected chi connectivity index (χ3v) is 5.57. The molecule has 1 heterocycles. The summed E-state index contributed by atoms with van der Waals surface area (Å²) in [6.07, 6.45) is 1.77. The van der Waals surface area contributed by atoms with Crippen molar-refractivity contribution in [2.75, 3.05) is 18.6 Å². The minimum absolute atomic E-state index is 0.234. The lowest BCUT2D eigenvalue weighted by Crippen LogP contribution is -2.27. The van der Waals surface area contributed by atoms with Crippen molar-refractivity contribution in [3.63, 3.8) is 0 Å². The topological polar surface area (TPSA) is 38.8 Å². The van der Waals surface area contributed by atoms with Gasteiger partial charge in [-0.3, -0.25) is 9.69 Å². The number of hydrogen-bond acceptors (Lipinski definition) is 5. The van der Waals surface area contributed by atoms with Gasteiger partial charge in [-0.15, -0.1) is 0 Å². The number of hydrogen-bond donors (Lipinski definition) is 0. The van der Waals surface area contributed by atoms with Crippen LogP contribution in [0.3, 0.4) is 0 Å². The van der Waals surface area contributed by atoms with E-state index >= 15 is 0 Å². The summed E-state index contributed by atoms with van der Waals surface area (Å²) < 4.78 is 11.3. The summed E-state index contributed by atoms with van der Waals surface area (Å²) in [6.45, 7) is 2.44. The monoisotopic (exact) mass is 439 g/mol. The Morgan fingerprint density at radius 2 is 1.96 bits per heavy atom. The maximum absolute atomic E-state index is 12.9. The fraction of sp³-hybridized carbons (Fsp3) is 0.158. The molecular weight excluding hydrogens is 425 g/mol. The first-order valence-electron chi connectivity index (χ1n) is 7.98. The molecule has 1 amide bonds. The highest BCUT2D eigenvalue weighted by molar-refractivity contribution is 8.27. The van der Waals surface area contributed by atoms with E-state index in [9.17, 15) is 4.79 Å². The first kappa shape index (κ1) is 20.0. The number of ether oxygens (including phenoxy) is 2. The standard InChI is InChI=1S/C19H15Cl2NO3S2/c1-3-25-15-7-4-11(8-16(15)24-2)9-17-18(23)22(19(26)27-17)14-6-5-12(20)10-13(14)21/h4-10H,3H2,1-2H3/b17-9-. The molecule has 1 aliphatic heterocycles. The number of amides is 1. The van der Waals surface area contributed by atoms with Crippen molar-refractivity contribution in [1.82, 2.24) is 0 Å². The molecule has 0 aliphatic carbocycles. The molecule has 0 spiro atoms. The van der Waals surface area contributed by atoms with E-state index in [-0.39, 0.29) is 5.91 Å². The molecule has 27 heavy (non-hydrogen) atoms. The van der Waals surface area contributed by atoms with Gasteiger partial charge >= 0.3 is 0 Å². The lowest BCUT2D eigenvalue weighted by molar-refractivity contribution is -0.113. The molecule has 1 aliphatic rings. The number of benzene rings is 2. The summed E-state index contributed by atoms with van der Waals surface area (Å²) in [5.41, 5.74) is 1.31. The van der Waals surface area contributed by atoms with Crippen LogP contribution in [0.5, 0.6) is 11.5 Å². The van der Waals surface area contributed by atoms with Crippen LogP contribution in [0, 0.1) is 0 Å². The zero-order valence-corrected chi connectivity index (χ0v) is 17.6. The SMILES string of the molecule is CCOc1ccc(/C=C2\SC(=S)N(c3ccc(Cl)cc3Cl)C2=O)cc1OC. The van der Waals surface area contributed by atoms with Gasteiger partial charge in [-0.25, -0.2) is 0 Å². The van der Waals surface area contributed by atoms with Gasteiger partial charge in [0.2, 0.25) is 0 Å². The largest absolute Gasteiger partial charge is 0.493 e. The van der Waals surface area contributed by atoms with Crippen LogP contribution in [0.4, 0.5) is 5.69 Å². The average Bonchev–Trinajstić information content (AvgIpc) is 2.90. The van der Waals surface area contributed by atoms with E-state index in [1.54, 1.807) is 31.4 Å². The molecule has 1 fully saturated rings. The van der Waals surface area contributed by atoms with Crippen LogP contribution >= 0.6 is 47.2 Å². The predicted molar refractivity (Wildman–Crippen MR) is 116 cm³/mol. The van der Waals surface area contributed by atoms with Crippen LogP contribution < -0.4 is 14.4 Å². The minimum Gasteiger partial charge on any atom is -0.493 e. The van der Waals surface area contributed by atoms with Gasteiger partial charge in [0.05, 0.1) is 29.3 Å². The first-order chi connectivity index (χ1) is 12.9. The summed E-state index contributed by atoms with van der Waals surface area (Å²) >= 11 is 18.8. The second-order valence-electron chi connectivity index (χ2n) is 5.46. The number of thiocarbonyl (C=S) groups is 1. The summed E-state index contributed by atoms with van der Waals surface area (Å²) in [5, 5.41) is 0.856. The van der Waals surface area contributed by atoms with E-state index in [1.165, 1.54) is 16.7 Å². The van der Waals surface area contributed by atoms with Gasteiger partial charge in [-0.05, 0) is 48.9 Å². The van der Waals surface area contributed by atoms with Crippen LogP contribution in [0.25, 0.3) is 6.08 Å². The molecular formula is C19H15Cl2NO3S2. The zero-order chi connectivity index (χ0) is 19.6. The molecule has 0 atom stereocenters. The van der Waals surface area contributed by atoms with Crippen molar-refractivity contribution in [3.8, 4) is 11.5 Å². The Balaban J connectivity index is 1.92. The third-order valence-electron chi connectivity index (χ3n) is 3.73. The van der Waals surface area contributed by atoms with Gasteiger partial charge in [0, 0.05) is 5.02 Å². The summed E-state index contributed by atoms with van der Waals surface area (Å²) in [4.78, 5) is 14.8. The quantitative estimate of drug-likeness (QED) is 0.434. The predicted octanol–water partition coefficient (Wildman–Crippen LogP) is 5.81. The number of methoxy groups -OCH3 is 1. The van der Waals surface area contributed by atoms with Crippen LogP contribution in [0.15, 0.2) is 41.3 Å². The van der Waals surface area contributed by atoms with Crippen molar-refractivity contribution in [1.29, 1.82) is 0 Å². The average molecular weight is 440 g/mol.